The van der Waals surface area contributed by atoms with E-state index in [1.54, 1.807) is 11.0 Å². The van der Waals surface area contributed by atoms with Crippen LogP contribution in [0.2, 0.25) is 0 Å². The molecule has 0 bridgehead atoms. The molecule has 2 heterocycles. The van der Waals surface area contributed by atoms with E-state index in [0.717, 1.165) is 29.8 Å². The van der Waals surface area contributed by atoms with Gasteiger partial charge in [-0.3, -0.25) is 4.79 Å². The first-order valence-corrected chi connectivity index (χ1v) is 7.73. The Morgan fingerprint density at radius 2 is 1.92 bits per heavy atom. The molecule has 0 saturated carbocycles. The Morgan fingerprint density at radius 1 is 1.12 bits per heavy atom. The van der Waals surface area contributed by atoms with E-state index in [1.165, 1.54) is 23.1 Å². The highest BCUT2D eigenvalue weighted by molar-refractivity contribution is 6.07. The van der Waals surface area contributed by atoms with E-state index < -0.39 is 11.6 Å². The second kappa shape index (κ2) is 5.70. The Morgan fingerprint density at radius 3 is 2.72 bits per heavy atom. The van der Waals surface area contributed by atoms with Crippen LogP contribution in [0.5, 0.6) is 0 Å². The maximum Gasteiger partial charge on any atom is 0.261 e. The van der Waals surface area contributed by atoms with Crippen molar-refractivity contribution in [2.24, 2.45) is 0 Å². The molecule has 0 unspecified atom stereocenters. The van der Waals surface area contributed by atoms with Gasteiger partial charge in [0.05, 0.1) is 11.8 Å². The van der Waals surface area contributed by atoms with Crippen molar-refractivity contribution in [3.8, 4) is 5.69 Å². The van der Waals surface area contributed by atoms with Gasteiger partial charge in [0.15, 0.2) is 5.82 Å². The minimum atomic E-state index is -0.746. The number of carbonyl (C=O) groups excluding carboxylic acids is 1. The van der Waals surface area contributed by atoms with Crippen LogP contribution in [-0.4, -0.2) is 22.2 Å². The van der Waals surface area contributed by atoms with Crippen molar-refractivity contribution in [3.63, 3.8) is 0 Å². The summed E-state index contributed by atoms with van der Waals surface area (Å²) in [7, 11) is 0. The van der Waals surface area contributed by atoms with Gasteiger partial charge in [0.25, 0.3) is 5.91 Å². The fraction of sp³-hybridized carbons (Fsp3) is 0.111. The number of carbonyl (C=O) groups is 1. The fourth-order valence-corrected chi connectivity index (χ4v) is 3.02. The Balaban J connectivity index is 1.64. The normalized spacial score (nSPS) is 13.1. The number of nitrogens with two attached hydrogens (primary N) is 1. The van der Waals surface area contributed by atoms with Crippen molar-refractivity contribution in [1.29, 1.82) is 0 Å². The summed E-state index contributed by atoms with van der Waals surface area (Å²) < 4.78 is 28.1. The molecule has 0 atom stereocenters. The molecule has 1 aliphatic heterocycles. The van der Waals surface area contributed by atoms with E-state index >= 15 is 0 Å². The number of fused-ring (bicyclic) bond motifs is 1. The molecule has 1 aliphatic rings. The van der Waals surface area contributed by atoms with E-state index in [2.05, 4.69) is 5.10 Å². The lowest BCUT2D eigenvalue weighted by Gasteiger charge is -2.16. The molecule has 4 rings (SSSR count). The number of rotatable bonds is 2. The number of nitrogen functional groups attached to an aromatic ring is 1. The number of hydrogen-bond donors (Lipinski definition) is 1. The van der Waals surface area contributed by atoms with Crippen LogP contribution in [0.4, 0.5) is 20.2 Å². The average Bonchev–Trinajstić information content (AvgIpc) is 3.21. The van der Waals surface area contributed by atoms with Gasteiger partial charge < -0.3 is 10.6 Å². The van der Waals surface area contributed by atoms with Gasteiger partial charge in [-0.25, -0.2) is 13.5 Å². The summed E-state index contributed by atoms with van der Waals surface area (Å²) in [5, 5.41) is 4.03. The number of aromatic nitrogens is 2. The highest BCUT2D eigenvalue weighted by Crippen LogP contribution is 2.30. The van der Waals surface area contributed by atoms with Crippen LogP contribution in [0, 0.1) is 11.6 Å². The van der Waals surface area contributed by atoms with Crippen molar-refractivity contribution in [1.82, 2.24) is 9.78 Å². The van der Waals surface area contributed by atoms with Crippen LogP contribution >= 0.6 is 0 Å². The second-order valence-corrected chi connectivity index (χ2v) is 5.86. The SMILES string of the molecule is Nc1ccc2c(c1)CCN2C(=O)c1cnn(-c2ccc(F)cc2F)c1. The van der Waals surface area contributed by atoms with Crippen molar-refractivity contribution >= 4 is 17.3 Å². The number of nitrogens with zero attached hydrogens (tertiary/aromatic N) is 3. The van der Waals surface area contributed by atoms with Crippen molar-refractivity contribution in [2.45, 2.75) is 6.42 Å². The van der Waals surface area contributed by atoms with Crippen LogP contribution in [0.1, 0.15) is 15.9 Å². The van der Waals surface area contributed by atoms with Gasteiger partial charge in [-0.15, -0.1) is 0 Å². The minimum absolute atomic E-state index is 0.0787. The van der Waals surface area contributed by atoms with Gasteiger partial charge in [0.1, 0.15) is 11.5 Å². The number of halogens is 2. The summed E-state index contributed by atoms with van der Waals surface area (Å²) in [6.07, 6.45) is 3.54. The molecule has 3 aromatic rings. The van der Waals surface area contributed by atoms with Crippen molar-refractivity contribution in [3.05, 3.63) is 71.6 Å². The van der Waals surface area contributed by atoms with Gasteiger partial charge in [0, 0.05) is 30.2 Å². The summed E-state index contributed by atoms with van der Waals surface area (Å²) in [6.45, 7) is 0.549. The molecule has 2 aromatic carbocycles. The molecule has 0 saturated heterocycles. The number of anilines is 2. The molecule has 5 nitrogen and oxygen atoms in total. The summed E-state index contributed by atoms with van der Waals surface area (Å²) in [4.78, 5) is 14.4. The second-order valence-electron chi connectivity index (χ2n) is 5.86. The molecule has 0 aliphatic carbocycles. The van der Waals surface area contributed by atoms with Crippen LogP contribution in [-0.2, 0) is 6.42 Å². The van der Waals surface area contributed by atoms with E-state index in [9.17, 15) is 13.6 Å². The summed E-state index contributed by atoms with van der Waals surface area (Å²) in [6, 6.07) is 8.63. The molecule has 25 heavy (non-hydrogen) atoms. The Hall–Kier alpha value is -3.22. The van der Waals surface area contributed by atoms with Gasteiger partial charge in [-0.2, -0.15) is 5.10 Å². The first-order valence-electron chi connectivity index (χ1n) is 7.73. The third-order valence-electron chi connectivity index (χ3n) is 4.23. The molecule has 7 heteroatoms. The smallest absolute Gasteiger partial charge is 0.261 e. The number of amides is 1. The predicted molar refractivity (Wildman–Crippen MR) is 89.7 cm³/mol. The van der Waals surface area contributed by atoms with Crippen LogP contribution in [0.15, 0.2) is 48.8 Å². The van der Waals surface area contributed by atoms with Crippen LogP contribution < -0.4 is 10.6 Å². The number of hydrogen-bond acceptors (Lipinski definition) is 3. The Labute approximate surface area is 142 Å². The summed E-state index contributed by atoms with van der Waals surface area (Å²) in [5.41, 5.74) is 8.68. The zero-order valence-corrected chi connectivity index (χ0v) is 13.1. The lowest BCUT2D eigenvalue weighted by Crippen LogP contribution is -2.28. The van der Waals surface area contributed by atoms with Gasteiger partial charge >= 0.3 is 0 Å². The maximum atomic E-state index is 13.9. The van der Waals surface area contributed by atoms with E-state index in [4.69, 9.17) is 5.73 Å². The van der Waals surface area contributed by atoms with E-state index in [-0.39, 0.29) is 11.6 Å². The molecule has 1 aromatic heterocycles. The zero-order chi connectivity index (χ0) is 17.6. The van der Waals surface area contributed by atoms with Crippen LogP contribution in [0.3, 0.4) is 0 Å². The lowest BCUT2D eigenvalue weighted by atomic mass is 10.1. The molecule has 2 N–H and O–H groups in total. The topological polar surface area (TPSA) is 64.2 Å². The molecule has 126 valence electrons. The first-order chi connectivity index (χ1) is 12.0. The van der Waals surface area contributed by atoms with Crippen molar-refractivity contribution in [2.75, 3.05) is 17.2 Å². The third-order valence-corrected chi connectivity index (χ3v) is 4.23. The van der Waals surface area contributed by atoms with Crippen LogP contribution in [0.25, 0.3) is 5.69 Å². The van der Waals surface area contributed by atoms with Crippen molar-refractivity contribution < 1.29 is 13.6 Å². The highest BCUT2D eigenvalue weighted by Gasteiger charge is 2.26. The quantitative estimate of drug-likeness (QED) is 0.730. The van der Waals surface area contributed by atoms with Gasteiger partial charge in [0.2, 0.25) is 0 Å². The summed E-state index contributed by atoms with van der Waals surface area (Å²) >= 11 is 0. The molecule has 0 spiro atoms. The standard InChI is InChI=1S/C18H14F2N4O/c19-13-1-3-17(15(20)8-13)24-10-12(9-22-24)18(25)23-6-5-11-7-14(21)2-4-16(11)23/h1-4,7-10H,5-6,21H2. The largest absolute Gasteiger partial charge is 0.399 e. The summed E-state index contributed by atoms with van der Waals surface area (Å²) in [5.74, 6) is -1.64. The number of benzene rings is 2. The molecule has 0 radical (unpaired) electrons. The average molecular weight is 340 g/mol. The molecule has 0 fully saturated rings. The zero-order valence-electron chi connectivity index (χ0n) is 13.1. The monoisotopic (exact) mass is 340 g/mol. The highest BCUT2D eigenvalue weighted by atomic mass is 19.1. The Bertz CT molecular complexity index is 983. The fourth-order valence-electron chi connectivity index (χ4n) is 3.02. The predicted octanol–water partition coefficient (Wildman–Crippen LogP) is 2.94. The maximum absolute atomic E-state index is 13.9. The Kier molecular flexibility index (Phi) is 3.49. The first kappa shape index (κ1) is 15.3. The molecular weight excluding hydrogens is 326 g/mol. The van der Waals surface area contributed by atoms with E-state index in [0.29, 0.717) is 17.8 Å². The third kappa shape index (κ3) is 2.63. The van der Waals surface area contributed by atoms with E-state index in [1.807, 2.05) is 12.1 Å². The molecule has 1 amide bonds. The minimum Gasteiger partial charge on any atom is -0.399 e. The van der Waals surface area contributed by atoms with Gasteiger partial charge in [-0.05, 0) is 42.3 Å². The molecular formula is C18H14F2N4O. The van der Waals surface area contributed by atoms with Gasteiger partial charge in [-0.1, -0.05) is 0 Å². The lowest BCUT2D eigenvalue weighted by molar-refractivity contribution is 0.0989.